The van der Waals surface area contributed by atoms with Gasteiger partial charge in [0.05, 0.1) is 0 Å². The average molecular weight is 461 g/mol. The first-order chi connectivity index (χ1) is 14.9. The number of aromatic nitrogens is 4. The van der Waals surface area contributed by atoms with Crippen molar-refractivity contribution in [2.75, 3.05) is 12.3 Å². The van der Waals surface area contributed by atoms with Crippen molar-refractivity contribution < 1.29 is 46.5 Å². The van der Waals surface area contributed by atoms with Gasteiger partial charge < -0.3 is 24.7 Å². The number of ether oxygens (including phenoxy) is 4. The van der Waals surface area contributed by atoms with Crippen LogP contribution in [-0.2, 0) is 39.5 Å². The molecule has 1 saturated heterocycles. The number of hydrogen-bond acceptors (Lipinski definition) is 11. The van der Waals surface area contributed by atoms with Crippen molar-refractivity contribution in [3.63, 3.8) is 0 Å². The Hall–Kier alpha value is -3.49. The van der Waals surface area contributed by atoms with Crippen LogP contribution in [0.15, 0.2) is 6.33 Å². The van der Waals surface area contributed by atoms with E-state index in [0.29, 0.717) is 4.57 Å². The molecule has 0 saturated carbocycles. The van der Waals surface area contributed by atoms with Crippen molar-refractivity contribution in [1.82, 2.24) is 19.5 Å². The zero-order valence-electron chi connectivity index (χ0n) is 17.0. The van der Waals surface area contributed by atoms with Gasteiger partial charge in [0.1, 0.15) is 19.0 Å². The summed E-state index contributed by atoms with van der Waals surface area (Å²) in [7, 11) is 0. The van der Waals surface area contributed by atoms with Gasteiger partial charge in [-0.15, -0.1) is 0 Å². The number of anilines is 1. The maximum atomic E-state index is 13.8. The highest BCUT2D eigenvalue weighted by atomic mass is 19.4. The van der Waals surface area contributed by atoms with Gasteiger partial charge in [-0.3, -0.25) is 19.0 Å². The van der Waals surface area contributed by atoms with E-state index in [1.165, 1.54) is 0 Å². The first-order valence-corrected chi connectivity index (χ1v) is 9.09. The Labute approximate surface area is 177 Å². The smallest absolute Gasteiger partial charge is 0.449 e. The molecule has 0 aromatic carbocycles. The number of nitrogens with zero attached hydrogens (tertiary/aromatic N) is 4. The number of carbonyl (C=O) groups excluding carboxylic acids is 3. The Morgan fingerprint density at radius 3 is 2.28 bits per heavy atom. The Kier molecular flexibility index (Phi) is 6.20. The third-order valence-electron chi connectivity index (χ3n) is 4.35. The molecule has 0 amide bonds. The minimum Gasteiger partial charge on any atom is -0.463 e. The SMILES string of the molecule is CC(=O)OCC1OC(n2c(C(F)(F)F)nc3c(N)ncnc32)C(OC(C)=O)C1OC(C)=O. The lowest BCUT2D eigenvalue weighted by Crippen LogP contribution is -2.41. The lowest BCUT2D eigenvalue weighted by molar-refractivity contribution is -0.168. The van der Waals surface area contributed by atoms with Crippen LogP contribution in [0.1, 0.15) is 32.8 Å². The quantitative estimate of drug-likeness (QED) is 0.495. The fraction of sp³-hybridized carbons (Fsp3) is 0.529. The van der Waals surface area contributed by atoms with Crippen LogP contribution in [0.2, 0.25) is 0 Å². The highest BCUT2D eigenvalue weighted by Gasteiger charge is 2.53. The van der Waals surface area contributed by atoms with Crippen molar-refractivity contribution in [2.45, 2.75) is 51.5 Å². The fourth-order valence-corrected chi connectivity index (χ4v) is 3.27. The van der Waals surface area contributed by atoms with Crippen LogP contribution in [0.3, 0.4) is 0 Å². The summed E-state index contributed by atoms with van der Waals surface area (Å²) in [6, 6.07) is 0. The molecular formula is C17H18F3N5O7. The molecule has 1 aliphatic heterocycles. The molecule has 12 nitrogen and oxygen atoms in total. The molecule has 1 aliphatic rings. The van der Waals surface area contributed by atoms with E-state index in [2.05, 4.69) is 15.0 Å². The molecule has 32 heavy (non-hydrogen) atoms. The van der Waals surface area contributed by atoms with Gasteiger partial charge in [0.15, 0.2) is 35.4 Å². The highest BCUT2D eigenvalue weighted by molar-refractivity contribution is 5.82. The molecule has 1 fully saturated rings. The van der Waals surface area contributed by atoms with Crippen LogP contribution < -0.4 is 5.73 Å². The number of imidazole rings is 1. The Morgan fingerprint density at radius 1 is 1.09 bits per heavy atom. The van der Waals surface area contributed by atoms with Crippen LogP contribution in [-0.4, -0.2) is 62.3 Å². The average Bonchev–Trinajstić information content (AvgIpc) is 3.19. The summed E-state index contributed by atoms with van der Waals surface area (Å²) in [5, 5.41) is 0. The van der Waals surface area contributed by atoms with Gasteiger partial charge in [-0.2, -0.15) is 13.2 Å². The molecule has 0 aliphatic carbocycles. The number of rotatable bonds is 5. The Balaban J connectivity index is 2.18. The third-order valence-corrected chi connectivity index (χ3v) is 4.35. The summed E-state index contributed by atoms with van der Waals surface area (Å²) in [4.78, 5) is 45.5. The molecule has 3 rings (SSSR count). The van der Waals surface area contributed by atoms with E-state index in [1.807, 2.05) is 0 Å². The maximum Gasteiger partial charge on any atom is 0.449 e. The number of esters is 3. The molecule has 0 spiro atoms. The number of alkyl halides is 3. The van der Waals surface area contributed by atoms with E-state index in [1.54, 1.807) is 0 Å². The molecule has 0 bridgehead atoms. The summed E-state index contributed by atoms with van der Waals surface area (Å²) in [6.45, 7) is 2.66. The summed E-state index contributed by atoms with van der Waals surface area (Å²) >= 11 is 0. The van der Waals surface area contributed by atoms with E-state index in [0.717, 1.165) is 27.1 Å². The lowest BCUT2D eigenvalue weighted by Gasteiger charge is -2.24. The first-order valence-electron chi connectivity index (χ1n) is 9.09. The van der Waals surface area contributed by atoms with E-state index in [9.17, 15) is 27.6 Å². The summed E-state index contributed by atoms with van der Waals surface area (Å²) in [5.41, 5.74) is 4.93. The predicted molar refractivity (Wildman–Crippen MR) is 96.4 cm³/mol. The molecule has 0 radical (unpaired) electrons. The van der Waals surface area contributed by atoms with Gasteiger partial charge >= 0.3 is 24.1 Å². The lowest BCUT2D eigenvalue weighted by atomic mass is 10.1. The van der Waals surface area contributed by atoms with Crippen molar-refractivity contribution in [3.8, 4) is 0 Å². The summed E-state index contributed by atoms with van der Waals surface area (Å²) < 4.78 is 62.9. The van der Waals surface area contributed by atoms with Crippen LogP contribution in [0, 0.1) is 0 Å². The molecule has 4 unspecified atom stereocenters. The minimum absolute atomic E-state index is 0.325. The monoisotopic (exact) mass is 461 g/mol. The maximum absolute atomic E-state index is 13.8. The predicted octanol–water partition coefficient (Wildman–Crippen LogP) is 0.751. The molecule has 174 valence electrons. The second-order valence-electron chi connectivity index (χ2n) is 6.75. The topological polar surface area (TPSA) is 158 Å². The summed E-state index contributed by atoms with van der Waals surface area (Å²) in [5.74, 6) is -4.22. The number of hydrogen-bond donors (Lipinski definition) is 1. The third kappa shape index (κ3) is 4.56. The standard InChI is InChI=1S/C17H18F3N5O7/c1-6(26)29-4-9-11(30-7(2)27)12(31-8(3)28)15(32-9)25-14-10(13(21)22-5-23-14)24-16(25)17(18,19)20/h5,9,11-12,15H,4H2,1-3H3,(H2,21,22,23). The molecule has 15 heteroatoms. The zero-order chi connectivity index (χ0) is 23.8. The number of nitrogen functional groups attached to an aromatic ring is 1. The first kappa shape index (κ1) is 23.2. The zero-order valence-corrected chi connectivity index (χ0v) is 17.0. The van der Waals surface area contributed by atoms with Crippen LogP contribution in [0.25, 0.3) is 11.2 Å². The minimum atomic E-state index is -5.00. The number of carbonyl (C=O) groups is 3. The van der Waals surface area contributed by atoms with E-state index in [-0.39, 0.29) is 17.0 Å². The molecule has 4 atom stereocenters. The number of nitrogens with two attached hydrogens (primary N) is 1. The number of halogens is 3. The largest absolute Gasteiger partial charge is 0.463 e. The molecular weight excluding hydrogens is 443 g/mol. The van der Waals surface area contributed by atoms with Crippen LogP contribution in [0.5, 0.6) is 0 Å². The molecule has 3 heterocycles. The van der Waals surface area contributed by atoms with Crippen molar-refractivity contribution in [1.29, 1.82) is 0 Å². The Bertz CT molecular complexity index is 1060. The van der Waals surface area contributed by atoms with Gasteiger partial charge in [0.25, 0.3) is 0 Å². The Morgan fingerprint density at radius 2 is 1.72 bits per heavy atom. The van der Waals surface area contributed by atoms with E-state index in [4.69, 9.17) is 24.7 Å². The molecule has 2 aromatic rings. The second kappa shape index (κ2) is 8.57. The van der Waals surface area contributed by atoms with E-state index >= 15 is 0 Å². The summed E-state index contributed by atoms with van der Waals surface area (Å²) in [6.07, 6.45) is -10.0. The van der Waals surface area contributed by atoms with E-state index < -0.39 is 61.1 Å². The molecule has 2 aromatic heterocycles. The van der Waals surface area contributed by atoms with Crippen molar-refractivity contribution in [3.05, 3.63) is 12.2 Å². The fourth-order valence-electron chi connectivity index (χ4n) is 3.27. The van der Waals surface area contributed by atoms with Crippen LogP contribution in [0.4, 0.5) is 19.0 Å². The van der Waals surface area contributed by atoms with Gasteiger partial charge in [0, 0.05) is 20.8 Å². The number of fused-ring (bicyclic) bond motifs is 1. The highest BCUT2D eigenvalue weighted by Crippen LogP contribution is 2.41. The second-order valence-corrected chi connectivity index (χ2v) is 6.75. The van der Waals surface area contributed by atoms with Crippen molar-refractivity contribution >= 4 is 34.9 Å². The van der Waals surface area contributed by atoms with Gasteiger partial charge in [-0.25, -0.2) is 15.0 Å². The van der Waals surface area contributed by atoms with Gasteiger partial charge in [0.2, 0.25) is 5.82 Å². The molecule has 2 N–H and O–H groups in total. The van der Waals surface area contributed by atoms with Gasteiger partial charge in [-0.05, 0) is 0 Å². The van der Waals surface area contributed by atoms with Gasteiger partial charge in [-0.1, -0.05) is 0 Å². The van der Waals surface area contributed by atoms with Crippen molar-refractivity contribution in [2.24, 2.45) is 0 Å². The van der Waals surface area contributed by atoms with Crippen LogP contribution >= 0.6 is 0 Å². The normalized spacial score (nSPS) is 23.2.